The van der Waals surface area contributed by atoms with Crippen LogP contribution in [0.5, 0.6) is 0 Å². The molecule has 5 heteroatoms. The first-order valence-corrected chi connectivity index (χ1v) is 7.58. The van der Waals surface area contributed by atoms with Gasteiger partial charge in [-0.2, -0.15) is 10.4 Å². The van der Waals surface area contributed by atoms with Gasteiger partial charge in [0.05, 0.1) is 12.6 Å². The zero-order chi connectivity index (χ0) is 15.1. The van der Waals surface area contributed by atoms with Gasteiger partial charge in [-0.3, -0.25) is 4.68 Å². The highest BCUT2D eigenvalue weighted by molar-refractivity contribution is 6.30. The van der Waals surface area contributed by atoms with Crippen LogP contribution >= 0.6 is 11.6 Å². The van der Waals surface area contributed by atoms with Gasteiger partial charge in [-0.25, -0.2) is 4.98 Å². The molecule has 0 N–H and O–H groups in total. The fraction of sp³-hybridized carbons (Fsp3) is 0.438. The molecule has 0 aliphatic rings. The summed E-state index contributed by atoms with van der Waals surface area (Å²) >= 11 is 5.96. The van der Waals surface area contributed by atoms with E-state index in [2.05, 4.69) is 23.1 Å². The highest BCUT2D eigenvalue weighted by atomic mass is 35.5. The lowest BCUT2D eigenvalue weighted by Gasteiger charge is -2.27. The van der Waals surface area contributed by atoms with Crippen molar-refractivity contribution in [3.63, 3.8) is 0 Å². The molecule has 1 atom stereocenters. The van der Waals surface area contributed by atoms with Gasteiger partial charge in [0.2, 0.25) is 0 Å². The molecule has 1 aromatic carbocycles. The Kier molecular flexibility index (Phi) is 5.35. The van der Waals surface area contributed by atoms with Crippen LogP contribution in [0.1, 0.15) is 38.2 Å². The van der Waals surface area contributed by atoms with Crippen LogP contribution in [0.25, 0.3) is 0 Å². The summed E-state index contributed by atoms with van der Waals surface area (Å²) in [5.74, 6) is 0. The van der Waals surface area contributed by atoms with Crippen LogP contribution in [0.4, 0.5) is 0 Å². The molecule has 0 amide bonds. The molecule has 2 aromatic rings. The van der Waals surface area contributed by atoms with E-state index in [0.717, 1.165) is 31.2 Å². The third-order valence-electron chi connectivity index (χ3n) is 3.72. The van der Waals surface area contributed by atoms with Crippen molar-refractivity contribution < 1.29 is 0 Å². The lowest BCUT2D eigenvalue weighted by atomic mass is 9.77. The molecule has 0 fully saturated rings. The quantitative estimate of drug-likeness (QED) is 0.727. The number of benzene rings is 1. The first-order chi connectivity index (χ1) is 10.2. The number of nitrogens with zero attached hydrogens (tertiary/aromatic N) is 4. The van der Waals surface area contributed by atoms with Gasteiger partial charge < -0.3 is 0 Å². The SMILES string of the molecule is CCCCCC(C#N)(Cn1cncn1)c1ccc(Cl)cc1. The lowest BCUT2D eigenvalue weighted by Crippen LogP contribution is -2.30. The van der Waals surface area contributed by atoms with Crippen molar-refractivity contribution >= 4 is 11.6 Å². The largest absolute Gasteiger partial charge is 0.251 e. The van der Waals surface area contributed by atoms with Crippen LogP contribution in [0.2, 0.25) is 5.02 Å². The van der Waals surface area contributed by atoms with Crippen LogP contribution < -0.4 is 0 Å². The predicted octanol–water partition coefficient (Wildman–Crippen LogP) is 3.97. The first kappa shape index (κ1) is 15.5. The molecule has 1 aromatic heterocycles. The highest BCUT2D eigenvalue weighted by Gasteiger charge is 2.32. The molecule has 0 saturated heterocycles. The summed E-state index contributed by atoms with van der Waals surface area (Å²) in [6.45, 7) is 2.67. The maximum atomic E-state index is 9.85. The molecule has 0 aliphatic carbocycles. The number of aromatic nitrogens is 3. The molecule has 4 nitrogen and oxygen atoms in total. The highest BCUT2D eigenvalue weighted by Crippen LogP contribution is 2.32. The van der Waals surface area contributed by atoms with E-state index in [9.17, 15) is 5.26 Å². The fourth-order valence-electron chi connectivity index (χ4n) is 2.51. The molecule has 1 unspecified atom stereocenters. The van der Waals surface area contributed by atoms with E-state index < -0.39 is 5.41 Å². The second kappa shape index (κ2) is 7.24. The molecule has 21 heavy (non-hydrogen) atoms. The number of unbranched alkanes of at least 4 members (excludes halogenated alkanes) is 2. The summed E-state index contributed by atoms with van der Waals surface area (Å²) in [5, 5.41) is 14.7. The van der Waals surface area contributed by atoms with Crippen molar-refractivity contribution in [3.05, 3.63) is 47.5 Å². The van der Waals surface area contributed by atoms with Gasteiger partial charge in [0, 0.05) is 5.02 Å². The summed E-state index contributed by atoms with van der Waals surface area (Å²) in [4.78, 5) is 3.97. The summed E-state index contributed by atoms with van der Waals surface area (Å²) in [6, 6.07) is 10.1. The second-order valence-electron chi connectivity index (χ2n) is 5.25. The molecule has 1 heterocycles. The Morgan fingerprint density at radius 3 is 2.62 bits per heavy atom. The van der Waals surface area contributed by atoms with Crippen molar-refractivity contribution in [2.45, 2.75) is 44.6 Å². The number of hydrogen-bond acceptors (Lipinski definition) is 3. The van der Waals surface area contributed by atoms with Gasteiger partial charge in [0.15, 0.2) is 0 Å². The van der Waals surface area contributed by atoms with Crippen LogP contribution in [0.15, 0.2) is 36.9 Å². The van der Waals surface area contributed by atoms with E-state index in [1.54, 1.807) is 11.0 Å². The number of hydrogen-bond donors (Lipinski definition) is 0. The predicted molar refractivity (Wildman–Crippen MR) is 82.9 cm³/mol. The summed E-state index contributed by atoms with van der Waals surface area (Å²) in [6.07, 6.45) is 7.22. The van der Waals surface area contributed by atoms with Crippen LogP contribution in [-0.4, -0.2) is 14.8 Å². The van der Waals surface area contributed by atoms with Gasteiger partial charge in [0.25, 0.3) is 0 Å². The van der Waals surface area contributed by atoms with Crippen molar-refractivity contribution in [2.75, 3.05) is 0 Å². The van der Waals surface area contributed by atoms with Gasteiger partial charge in [-0.1, -0.05) is 49.9 Å². The molecule has 0 aliphatic heterocycles. The molecule has 0 spiro atoms. The van der Waals surface area contributed by atoms with Crippen molar-refractivity contribution in [2.24, 2.45) is 0 Å². The number of halogens is 1. The fourth-order valence-corrected chi connectivity index (χ4v) is 2.63. The van der Waals surface area contributed by atoms with Crippen LogP contribution in [-0.2, 0) is 12.0 Å². The Morgan fingerprint density at radius 1 is 1.29 bits per heavy atom. The monoisotopic (exact) mass is 302 g/mol. The topological polar surface area (TPSA) is 54.5 Å². The average Bonchev–Trinajstić information content (AvgIpc) is 3.00. The third-order valence-corrected chi connectivity index (χ3v) is 3.97. The standard InChI is InChI=1S/C16H19ClN4/c1-2-3-4-9-16(10-18,11-21-13-19-12-20-21)14-5-7-15(17)8-6-14/h5-8,12-13H,2-4,9,11H2,1H3. The molecule has 0 bridgehead atoms. The maximum absolute atomic E-state index is 9.85. The van der Waals surface area contributed by atoms with E-state index in [1.165, 1.54) is 6.33 Å². The molecular weight excluding hydrogens is 284 g/mol. The summed E-state index contributed by atoms with van der Waals surface area (Å²) < 4.78 is 1.73. The van der Waals surface area contributed by atoms with E-state index in [1.807, 2.05) is 24.3 Å². The third kappa shape index (κ3) is 3.83. The molecule has 110 valence electrons. The Hall–Kier alpha value is -1.86. The minimum atomic E-state index is -0.590. The molecule has 2 rings (SSSR count). The molecule has 0 saturated carbocycles. The van der Waals surface area contributed by atoms with Crippen molar-refractivity contribution in [3.8, 4) is 6.07 Å². The lowest BCUT2D eigenvalue weighted by molar-refractivity contribution is 0.387. The summed E-state index contributed by atoms with van der Waals surface area (Å²) in [7, 11) is 0. The number of rotatable bonds is 7. The van der Waals surface area contributed by atoms with Gasteiger partial charge in [-0.05, 0) is 24.1 Å². The Labute approximate surface area is 130 Å². The Balaban J connectivity index is 2.31. The first-order valence-electron chi connectivity index (χ1n) is 7.20. The Bertz CT molecular complexity index is 586. The van der Waals surface area contributed by atoms with E-state index in [4.69, 9.17) is 11.6 Å². The van der Waals surface area contributed by atoms with Gasteiger partial charge in [-0.15, -0.1) is 0 Å². The smallest absolute Gasteiger partial charge is 0.137 e. The minimum Gasteiger partial charge on any atom is -0.251 e. The van der Waals surface area contributed by atoms with Gasteiger partial charge >= 0.3 is 0 Å². The van der Waals surface area contributed by atoms with E-state index in [0.29, 0.717) is 11.6 Å². The summed E-state index contributed by atoms with van der Waals surface area (Å²) in [5.41, 5.74) is 0.397. The van der Waals surface area contributed by atoms with Crippen molar-refractivity contribution in [1.82, 2.24) is 14.8 Å². The minimum absolute atomic E-state index is 0.509. The van der Waals surface area contributed by atoms with Gasteiger partial charge in [0.1, 0.15) is 18.1 Å². The molecule has 0 radical (unpaired) electrons. The average molecular weight is 303 g/mol. The molecular formula is C16H19ClN4. The normalized spacial score (nSPS) is 13.6. The number of nitriles is 1. The zero-order valence-electron chi connectivity index (χ0n) is 12.2. The van der Waals surface area contributed by atoms with E-state index in [-0.39, 0.29) is 0 Å². The second-order valence-corrected chi connectivity index (χ2v) is 5.69. The van der Waals surface area contributed by atoms with Crippen LogP contribution in [0, 0.1) is 11.3 Å². The van der Waals surface area contributed by atoms with E-state index >= 15 is 0 Å². The van der Waals surface area contributed by atoms with Crippen LogP contribution in [0.3, 0.4) is 0 Å². The maximum Gasteiger partial charge on any atom is 0.137 e. The van der Waals surface area contributed by atoms with Crippen molar-refractivity contribution in [1.29, 1.82) is 5.26 Å². The zero-order valence-corrected chi connectivity index (χ0v) is 12.9. The Morgan fingerprint density at radius 2 is 2.05 bits per heavy atom.